The van der Waals surface area contributed by atoms with Crippen LogP contribution in [0.5, 0.6) is 0 Å². The lowest BCUT2D eigenvalue weighted by Gasteiger charge is -2.13. The van der Waals surface area contributed by atoms with Crippen LogP contribution in [0.25, 0.3) is 27.2 Å². The van der Waals surface area contributed by atoms with Gasteiger partial charge in [0, 0.05) is 23.4 Å². The summed E-state index contributed by atoms with van der Waals surface area (Å²) in [6.45, 7) is 2.43. The van der Waals surface area contributed by atoms with Crippen LogP contribution in [-0.4, -0.2) is 22.0 Å². The van der Waals surface area contributed by atoms with E-state index in [1.807, 2.05) is 37.3 Å². The van der Waals surface area contributed by atoms with E-state index in [0.717, 1.165) is 34.5 Å². The van der Waals surface area contributed by atoms with Crippen molar-refractivity contribution in [2.75, 3.05) is 6.54 Å². The van der Waals surface area contributed by atoms with Crippen LogP contribution in [0.15, 0.2) is 47.6 Å². The number of rotatable bonds is 6. The molecule has 0 radical (unpaired) electrons. The van der Waals surface area contributed by atoms with E-state index in [9.17, 15) is 4.79 Å². The molecule has 0 aliphatic rings. The number of carbonyl (C=O) groups is 1. The second kappa shape index (κ2) is 7.07. The fourth-order valence-corrected chi connectivity index (χ4v) is 2.94. The zero-order chi connectivity index (χ0) is 17.8. The quantitative estimate of drug-likeness (QED) is 0.422. The van der Waals surface area contributed by atoms with Gasteiger partial charge in [-0.15, -0.1) is 0 Å². The number of aromatic nitrogens is 2. The highest BCUT2D eigenvalue weighted by Crippen LogP contribution is 2.25. The first-order valence-corrected chi connectivity index (χ1v) is 8.06. The molecule has 0 spiro atoms. The Morgan fingerprint density at radius 3 is 2.84 bits per heavy atom. The molecule has 1 amide bonds. The molecule has 0 atom stereocenters. The Labute approximate surface area is 144 Å². The zero-order valence-corrected chi connectivity index (χ0v) is 13.9. The Morgan fingerprint density at radius 1 is 1.32 bits per heavy atom. The topological polar surface area (TPSA) is 110 Å². The van der Waals surface area contributed by atoms with Crippen molar-refractivity contribution >= 4 is 16.9 Å². The molecule has 0 aliphatic carbocycles. The van der Waals surface area contributed by atoms with Gasteiger partial charge >= 0.3 is 0 Å². The van der Waals surface area contributed by atoms with Crippen molar-refractivity contribution in [3.05, 3.63) is 69.9 Å². The summed E-state index contributed by atoms with van der Waals surface area (Å²) >= 11 is 0. The summed E-state index contributed by atoms with van der Waals surface area (Å²) in [5, 5.41) is 3.63. The number of amides is 1. The number of fused-ring (bicyclic) bond motifs is 1. The second-order valence-corrected chi connectivity index (χ2v) is 5.62. The molecule has 2 N–H and O–H groups in total. The first-order chi connectivity index (χ1) is 12.2. The monoisotopic (exact) mass is 334 g/mol. The molecule has 126 valence electrons. The second-order valence-electron chi connectivity index (χ2n) is 5.62. The summed E-state index contributed by atoms with van der Waals surface area (Å²) in [7, 11) is 0. The van der Waals surface area contributed by atoms with Gasteiger partial charge in [-0.25, -0.2) is 4.98 Å². The first kappa shape index (κ1) is 16.5. The van der Waals surface area contributed by atoms with Crippen LogP contribution in [0, 0.1) is 0 Å². The van der Waals surface area contributed by atoms with E-state index in [2.05, 4.69) is 19.6 Å². The molecule has 2 aromatic carbocycles. The third-order valence-electron chi connectivity index (χ3n) is 4.10. The van der Waals surface area contributed by atoms with Gasteiger partial charge in [0.2, 0.25) is 5.91 Å². The maximum absolute atomic E-state index is 11.4. The van der Waals surface area contributed by atoms with Gasteiger partial charge < -0.3 is 5.73 Å². The Morgan fingerprint density at radius 2 is 2.12 bits per heavy atom. The van der Waals surface area contributed by atoms with Crippen LogP contribution in [0.3, 0.4) is 0 Å². The fourth-order valence-electron chi connectivity index (χ4n) is 2.94. The lowest BCUT2D eigenvalue weighted by Crippen LogP contribution is -2.10. The van der Waals surface area contributed by atoms with Crippen LogP contribution in [0.4, 0.5) is 0 Å². The number of para-hydroxylation sites is 1. The average molecular weight is 334 g/mol. The molecule has 0 saturated heterocycles. The number of nitrogens with zero attached hydrogens (tertiary/aromatic N) is 5. The van der Waals surface area contributed by atoms with Crippen molar-refractivity contribution in [3.8, 4) is 5.69 Å². The minimum atomic E-state index is -0.468. The molecule has 0 saturated carbocycles. The molecule has 1 aromatic heterocycles. The van der Waals surface area contributed by atoms with Crippen molar-refractivity contribution in [1.29, 1.82) is 0 Å². The highest BCUT2D eigenvalue weighted by atomic mass is 16.1. The highest BCUT2D eigenvalue weighted by molar-refractivity contribution is 5.96. The Kier molecular flexibility index (Phi) is 4.68. The third-order valence-corrected chi connectivity index (χ3v) is 4.10. The fraction of sp³-hybridized carbons (Fsp3) is 0.222. The normalized spacial score (nSPS) is 10.6. The predicted molar refractivity (Wildman–Crippen MR) is 96.7 cm³/mol. The molecule has 0 fully saturated rings. The largest absolute Gasteiger partial charge is 0.366 e. The summed E-state index contributed by atoms with van der Waals surface area (Å²) in [4.78, 5) is 18.9. The van der Waals surface area contributed by atoms with E-state index in [1.54, 1.807) is 12.1 Å². The molecule has 1 heterocycles. The van der Waals surface area contributed by atoms with E-state index in [1.165, 1.54) is 0 Å². The van der Waals surface area contributed by atoms with Gasteiger partial charge in [0.25, 0.3) is 0 Å². The number of imidazole rings is 1. The molecule has 3 aromatic rings. The molecule has 7 heteroatoms. The third kappa shape index (κ3) is 3.18. The number of aryl methyl sites for hydroxylation is 1. The average Bonchev–Trinajstić information content (AvgIpc) is 3.00. The van der Waals surface area contributed by atoms with E-state index in [0.29, 0.717) is 18.5 Å². The molecule has 3 rings (SSSR count). The number of carbonyl (C=O) groups excluding carboxylic acids is 1. The van der Waals surface area contributed by atoms with Crippen LogP contribution in [0.2, 0.25) is 0 Å². The van der Waals surface area contributed by atoms with Crippen molar-refractivity contribution in [3.63, 3.8) is 0 Å². The molecule has 0 unspecified atom stereocenters. The smallest absolute Gasteiger partial charge is 0.248 e. The number of nitrogens with two attached hydrogens (primary N) is 1. The van der Waals surface area contributed by atoms with Gasteiger partial charge in [0.15, 0.2) is 0 Å². The standard InChI is InChI=1S/C18H18N6O/c1-2-17-22-14-11-13(18(19)25)7-8-16(14)24(17)15-6-4-3-5-12(15)9-10-21-23-20/h3-8,11H,2,9-10H2,1H3,(H2,19,25). The lowest BCUT2D eigenvalue weighted by molar-refractivity contribution is 0.100. The Hall–Kier alpha value is -3.31. The summed E-state index contributed by atoms with van der Waals surface area (Å²) in [5.74, 6) is 0.428. The maximum Gasteiger partial charge on any atom is 0.248 e. The maximum atomic E-state index is 11.4. The zero-order valence-electron chi connectivity index (χ0n) is 13.9. The Bertz CT molecular complexity index is 984. The Balaban J connectivity index is 2.18. The molecular weight excluding hydrogens is 316 g/mol. The highest BCUT2D eigenvalue weighted by Gasteiger charge is 2.15. The number of azide groups is 1. The van der Waals surface area contributed by atoms with Gasteiger partial charge in [0.05, 0.1) is 16.7 Å². The van der Waals surface area contributed by atoms with Gasteiger partial charge in [-0.2, -0.15) is 0 Å². The van der Waals surface area contributed by atoms with Crippen molar-refractivity contribution in [2.24, 2.45) is 10.8 Å². The minimum absolute atomic E-state index is 0.396. The van der Waals surface area contributed by atoms with Crippen molar-refractivity contribution in [1.82, 2.24) is 9.55 Å². The summed E-state index contributed by atoms with van der Waals surface area (Å²) in [5.41, 5.74) is 18.0. The van der Waals surface area contributed by atoms with E-state index >= 15 is 0 Å². The van der Waals surface area contributed by atoms with Gasteiger partial charge in [-0.1, -0.05) is 30.2 Å². The van der Waals surface area contributed by atoms with Gasteiger partial charge in [-0.3, -0.25) is 9.36 Å². The van der Waals surface area contributed by atoms with Gasteiger partial charge in [0.1, 0.15) is 5.82 Å². The van der Waals surface area contributed by atoms with Crippen LogP contribution in [0.1, 0.15) is 28.7 Å². The minimum Gasteiger partial charge on any atom is -0.366 e. The van der Waals surface area contributed by atoms with Crippen LogP contribution < -0.4 is 5.73 Å². The summed E-state index contributed by atoms with van der Waals surface area (Å²) < 4.78 is 2.09. The number of hydrogen-bond donors (Lipinski definition) is 1. The van der Waals surface area contributed by atoms with Gasteiger partial charge in [-0.05, 0) is 41.8 Å². The van der Waals surface area contributed by atoms with Crippen LogP contribution in [-0.2, 0) is 12.8 Å². The summed E-state index contributed by atoms with van der Waals surface area (Å²) in [6, 6.07) is 13.3. The predicted octanol–water partition coefficient (Wildman–Crippen LogP) is 3.54. The molecule has 0 bridgehead atoms. The molecule has 0 aliphatic heterocycles. The SMILES string of the molecule is CCc1nc2cc(C(N)=O)ccc2n1-c1ccccc1CCN=[N+]=[N-]. The molecule has 7 nitrogen and oxygen atoms in total. The lowest BCUT2D eigenvalue weighted by atomic mass is 10.1. The van der Waals surface area contributed by atoms with E-state index in [4.69, 9.17) is 11.3 Å². The first-order valence-electron chi connectivity index (χ1n) is 8.06. The van der Waals surface area contributed by atoms with Crippen molar-refractivity contribution in [2.45, 2.75) is 19.8 Å². The molecule has 25 heavy (non-hydrogen) atoms. The number of primary amides is 1. The van der Waals surface area contributed by atoms with E-state index in [-0.39, 0.29) is 0 Å². The summed E-state index contributed by atoms with van der Waals surface area (Å²) in [6.07, 6.45) is 1.38. The van der Waals surface area contributed by atoms with E-state index < -0.39 is 5.91 Å². The van der Waals surface area contributed by atoms with Crippen molar-refractivity contribution < 1.29 is 4.79 Å². The number of hydrogen-bond acceptors (Lipinski definition) is 3. The molecular formula is C18H18N6O. The number of benzene rings is 2. The van der Waals surface area contributed by atoms with Crippen LogP contribution >= 0.6 is 0 Å².